The fourth-order valence-corrected chi connectivity index (χ4v) is 3.12. The monoisotopic (exact) mass is 328 g/mol. The van der Waals surface area contributed by atoms with E-state index in [-0.39, 0.29) is 12.5 Å². The molecule has 6 nitrogen and oxygen atoms in total. The molecule has 1 fully saturated rings. The molecule has 1 N–H and O–H groups in total. The summed E-state index contributed by atoms with van der Waals surface area (Å²) in [5.41, 5.74) is 0.629. The number of nitrogens with zero attached hydrogens (tertiary/aromatic N) is 3. The Balaban J connectivity index is 1.39. The fourth-order valence-electron chi connectivity index (χ4n) is 2.41. The highest BCUT2D eigenvalue weighted by atomic mass is 32.1. The molecule has 1 amide bonds. The van der Waals surface area contributed by atoms with Gasteiger partial charge in [-0.25, -0.2) is 0 Å². The lowest BCUT2D eigenvalue weighted by Crippen LogP contribution is -2.26. The Kier molecular flexibility index (Phi) is 3.70. The summed E-state index contributed by atoms with van der Waals surface area (Å²) in [6.07, 6.45) is 4.14. The van der Waals surface area contributed by atoms with E-state index in [0.717, 1.165) is 12.8 Å². The van der Waals surface area contributed by atoms with Crippen LogP contribution in [0.5, 0.6) is 0 Å². The lowest BCUT2D eigenvalue weighted by Gasteiger charge is -2.07. The van der Waals surface area contributed by atoms with Crippen molar-refractivity contribution in [2.45, 2.75) is 31.8 Å². The van der Waals surface area contributed by atoms with E-state index in [4.69, 9.17) is 4.52 Å². The van der Waals surface area contributed by atoms with E-state index >= 15 is 0 Å². The van der Waals surface area contributed by atoms with Crippen LogP contribution in [0.25, 0.3) is 0 Å². The molecule has 0 aromatic carbocycles. The van der Waals surface area contributed by atoms with Crippen LogP contribution >= 0.6 is 11.3 Å². The van der Waals surface area contributed by atoms with Gasteiger partial charge in [-0.2, -0.15) is 4.98 Å². The number of amides is 1. The number of nitrogens with one attached hydrogen (secondary N) is 1. The van der Waals surface area contributed by atoms with Gasteiger partial charge in [0.05, 0.1) is 13.1 Å². The zero-order valence-corrected chi connectivity index (χ0v) is 13.3. The molecule has 0 atom stereocenters. The summed E-state index contributed by atoms with van der Waals surface area (Å²) in [6.45, 7) is 0.973. The van der Waals surface area contributed by atoms with Gasteiger partial charge in [0, 0.05) is 17.0 Å². The highest BCUT2D eigenvalue weighted by Crippen LogP contribution is 2.38. The van der Waals surface area contributed by atoms with Gasteiger partial charge in [-0.05, 0) is 36.4 Å². The Bertz CT molecular complexity index is 802. The van der Waals surface area contributed by atoms with Crippen LogP contribution in [-0.4, -0.2) is 20.6 Å². The Hall–Kier alpha value is -2.41. The predicted octanol–water partition coefficient (Wildman–Crippen LogP) is 2.79. The maximum Gasteiger partial charge on any atom is 0.268 e. The Morgan fingerprint density at radius 2 is 2.30 bits per heavy atom. The summed E-state index contributed by atoms with van der Waals surface area (Å²) >= 11 is 1.68. The molecule has 1 saturated carbocycles. The average Bonchev–Trinajstić information content (AvgIpc) is 2.99. The van der Waals surface area contributed by atoms with Crippen LogP contribution < -0.4 is 5.32 Å². The zero-order chi connectivity index (χ0) is 15.6. The molecule has 1 aliphatic carbocycles. The highest BCUT2D eigenvalue weighted by molar-refractivity contribution is 7.09. The molecular weight excluding hydrogens is 312 g/mol. The van der Waals surface area contributed by atoms with E-state index in [0.29, 0.717) is 29.9 Å². The van der Waals surface area contributed by atoms with E-state index in [1.807, 2.05) is 34.3 Å². The third-order valence-corrected chi connectivity index (χ3v) is 4.65. The molecule has 3 aromatic rings. The third-order valence-electron chi connectivity index (χ3n) is 3.79. The van der Waals surface area contributed by atoms with Gasteiger partial charge in [0.15, 0.2) is 5.82 Å². The van der Waals surface area contributed by atoms with Gasteiger partial charge in [0.2, 0.25) is 5.89 Å². The van der Waals surface area contributed by atoms with Crippen molar-refractivity contribution >= 4 is 17.2 Å². The van der Waals surface area contributed by atoms with Crippen molar-refractivity contribution in [1.82, 2.24) is 20.0 Å². The minimum absolute atomic E-state index is 0.135. The molecular formula is C16H16N4O2S. The smallest absolute Gasteiger partial charge is 0.268 e. The number of hydrogen-bond donors (Lipinski definition) is 1. The number of thiophene rings is 1. The molecule has 0 bridgehead atoms. The van der Waals surface area contributed by atoms with Gasteiger partial charge in [-0.15, -0.1) is 11.3 Å². The third kappa shape index (κ3) is 3.19. The van der Waals surface area contributed by atoms with Gasteiger partial charge in [0.1, 0.15) is 5.69 Å². The topological polar surface area (TPSA) is 73.0 Å². The van der Waals surface area contributed by atoms with Crippen molar-refractivity contribution in [3.05, 3.63) is 58.1 Å². The SMILES string of the molecule is O=C(NCc1noc(C2CC2)n1)c1cccn1Cc1cccs1. The van der Waals surface area contributed by atoms with Gasteiger partial charge < -0.3 is 14.4 Å². The summed E-state index contributed by atoms with van der Waals surface area (Å²) in [5, 5.41) is 8.79. The first-order chi connectivity index (χ1) is 11.3. The number of carbonyl (C=O) groups excluding carboxylic acids is 1. The first-order valence-electron chi connectivity index (χ1n) is 7.58. The summed E-state index contributed by atoms with van der Waals surface area (Å²) in [7, 11) is 0. The van der Waals surface area contributed by atoms with Crippen LogP contribution in [0.4, 0.5) is 0 Å². The van der Waals surface area contributed by atoms with Crippen molar-refractivity contribution in [3.63, 3.8) is 0 Å². The minimum Gasteiger partial charge on any atom is -0.343 e. The van der Waals surface area contributed by atoms with Crippen LogP contribution in [0.2, 0.25) is 0 Å². The first-order valence-corrected chi connectivity index (χ1v) is 8.46. The molecule has 118 valence electrons. The van der Waals surface area contributed by atoms with Crippen molar-refractivity contribution < 1.29 is 9.32 Å². The van der Waals surface area contributed by atoms with E-state index in [1.165, 1.54) is 4.88 Å². The first kappa shape index (κ1) is 14.2. The van der Waals surface area contributed by atoms with Gasteiger partial charge in [-0.3, -0.25) is 4.79 Å². The number of aromatic nitrogens is 3. The molecule has 0 spiro atoms. The highest BCUT2D eigenvalue weighted by Gasteiger charge is 2.29. The number of hydrogen-bond acceptors (Lipinski definition) is 5. The van der Waals surface area contributed by atoms with Crippen molar-refractivity contribution in [1.29, 1.82) is 0 Å². The Labute approximate surface area is 137 Å². The molecule has 4 rings (SSSR count). The fraction of sp³-hybridized carbons (Fsp3) is 0.312. The van der Waals surface area contributed by atoms with Crippen LogP contribution in [0.15, 0.2) is 40.4 Å². The largest absolute Gasteiger partial charge is 0.343 e. The quantitative estimate of drug-likeness (QED) is 0.755. The Morgan fingerprint density at radius 3 is 3.09 bits per heavy atom. The maximum atomic E-state index is 12.4. The minimum atomic E-state index is -0.135. The number of rotatable bonds is 6. The van der Waals surface area contributed by atoms with Gasteiger partial charge in [-0.1, -0.05) is 11.2 Å². The van der Waals surface area contributed by atoms with Crippen LogP contribution in [0.3, 0.4) is 0 Å². The summed E-state index contributed by atoms with van der Waals surface area (Å²) in [5.74, 6) is 1.51. The lowest BCUT2D eigenvalue weighted by molar-refractivity contribution is 0.0941. The van der Waals surface area contributed by atoms with Gasteiger partial charge in [0.25, 0.3) is 5.91 Å². The van der Waals surface area contributed by atoms with E-state index in [1.54, 1.807) is 11.3 Å². The van der Waals surface area contributed by atoms with Crippen LogP contribution in [-0.2, 0) is 13.1 Å². The van der Waals surface area contributed by atoms with Crippen LogP contribution in [0.1, 0.15) is 45.8 Å². The molecule has 0 unspecified atom stereocenters. The normalized spacial score (nSPS) is 14.1. The molecule has 0 radical (unpaired) electrons. The summed E-state index contributed by atoms with van der Waals surface area (Å²) in [4.78, 5) is 17.9. The second-order valence-corrected chi connectivity index (χ2v) is 6.64. The van der Waals surface area contributed by atoms with E-state index in [9.17, 15) is 4.79 Å². The summed E-state index contributed by atoms with van der Waals surface area (Å²) < 4.78 is 7.13. The van der Waals surface area contributed by atoms with E-state index in [2.05, 4.69) is 21.5 Å². The molecule has 3 aromatic heterocycles. The van der Waals surface area contributed by atoms with E-state index < -0.39 is 0 Å². The summed E-state index contributed by atoms with van der Waals surface area (Å²) in [6, 6.07) is 7.76. The average molecular weight is 328 g/mol. The maximum absolute atomic E-state index is 12.4. The molecule has 23 heavy (non-hydrogen) atoms. The Morgan fingerprint density at radius 1 is 1.39 bits per heavy atom. The standard InChI is InChI=1S/C16H16N4O2S/c21-15(17-9-14-18-16(22-19-14)11-5-6-11)13-4-1-7-20(13)10-12-3-2-8-23-12/h1-4,7-8,11H,5-6,9-10H2,(H,17,21). The van der Waals surface area contributed by atoms with Crippen molar-refractivity contribution in [2.75, 3.05) is 0 Å². The van der Waals surface area contributed by atoms with Crippen molar-refractivity contribution in [2.24, 2.45) is 0 Å². The molecule has 0 saturated heterocycles. The van der Waals surface area contributed by atoms with Crippen molar-refractivity contribution in [3.8, 4) is 0 Å². The van der Waals surface area contributed by atoms with Crippen LogP contribution in [0, 0.1) is 0 Å². The molecule has 1 aliphatic rings. The second-order valence-electron chi connectivity index (χ2n) is 5.61. The lowest BCUT2D eigenvalue weighted by atomic mass is 10.3. The van der Waals surface area contributed by atoms with Gasteiger partial charge >= 0.3 is 0 Å². The molecule has 0 aliphatic heterocycles. The molecule has 3 heterocycles. The zero-order valence-electron chi connectivity index (χ0n) is 12.4. The predicted molar refractivity (Wildman–Crippen MR) is 85.3 cm³/mol. The molecule has 7 heteroatoms. The number of carbonyl (C=O) groups is 1. The second kappa shape index (κ2) is 6.00.